The lowest BCUT2D eigenvalue weighted by atomic mass is 9.93. The molecule has 0 saturated heterocycles. The first-order valence-corrected chi connectivity index (χ1v) is 9.02. The van der Waals surface area contributed by atoms with E-state index in [1.165, 1.54) is 0 Å². The summed E-state index contributed by atoms with van der Waals surface area (Å²) in [4.78, 5) is 10.1. The van der Waals surface area contributed by atoms with Gasteiger partial charge in [0.15, 0.2) is 11.6 Å². The topological polar surface area (TPSA) is 80.0 Å². The number of anilines is 1. The smallest absolute Gasteiger partial charge is 0.185 e. The van der Waals surface area contributed by atoms with Crippen LogP contribution in [-0.4, -0.2) is 49.1 Å². The number of hydrogen-bond acceptors (Lipinski definition) is 6. The number of phenols is 1. The maximum Gasteiger partial charge on any atom is 0.185 e. The highest BCUT2D eigenvalue weighted by molar-refractivity contribution is 5.66. The predicted molar refractivity (Wildman–Crippen MR) is 99.6 cm³/mol. The van der Waals surface area contributed by atoms with Crippen molar-refractivity contribution >= 4 is 5.82 Å². The van der Waals surface area contributed by atoms with Gasteiger partial charge in [0.1, 0.15) is 11.9 Å². The number of phenolic OH excluding ortho intramolecular Hbond substituents is 1. The summed E-state index contributed by atoms with van der Waals surface area (Å²) in [6, 6.07) is 5.01. The fraction of sp³-hybridized carbons (Fsp3) is 0.368. The Morgan fingerprint density at radius 3 is 2.74 bits per heavy atom. The molecular formula is C19H21FN6O. The molecule has 7 nitrogen and oxygen atoms in total. The SMILES string of the molecule is CN(c1cnc(-c2ccc(-n3ccnc3)cc2O)nn1)[C@@H]1CCCC[C@@H]1F. The van der Waals surface area contributed by atoms with E-state index in [0.717, 1.165) is 24.9 Å². The van der Waals surface area contributed by atoms with Crippen LogP contribution in [0.2, 0.25) is 0 Å². The van der Waals surface area contributed by atoms with Crippen LogP contribution in [0.15, 0.2) is 43.1 Å². The summed E-state index contributed by atoms with van der Waals surface area (Å²) >= 11 is 0. The first-order valence-electron chi connectivity index (χ1n) is 9.02. The van der Waals surface area contributed by atoms with Crippen LogP contribution in [0.25, 0.3) is 17.1 Å². The third-order valence-corrected chi connectivity index (χ3v) is 5.08. The molecule has 2 atom stereocenters. The van der Waals surface area contributed by atoms with Gasteiger partial charge >= 0.3 is 0 Å². The minimum absolute atomic E-state index is 0.0557. The number of hydrogen-bond donors (Lipinski definition) is 1. The molecule has 140 valence electrons. The molecule has 1 aliphatic rings. The summed E-state index contributed by atoms with van der Waals surface area (Å²) in [5.74, 6) is 0.908. The summed E-state index contributed by atoms with van der Waals surface area (Å²) in [5, 5.41) is 18.7. The van der Waals surface area contributed by atoms with Gasteiger partial charge in [0, 0.05) is 25.5 Å². The zero-order valence-electron chi connectivity index (χ0n) is 15.0. The van der Waals surface area contributed by atoms with E-state index in [0.29, 0.717) is 23.6 Å². The molecule has 0 unspecified atom stereocenters. The molecule has 1 aliphatic carbocycles. The molecule has 0 spiro atoms. The normalized spacial score (nSPS) is 19.8. The van der Waals surface area contributed by atoms with E-state index in [4.69, 9.17) is 0 Å². The summed E-state index contributed by atoms with van der Waals surface area (Å²) in [7, 11) is 1.82. The van der Waals surface area contributed by atoms with Gasteiger partial charge in [-0.1, -0.05) is 12.8 Å². The zero-order valence-corrected chi connectivity index (χ0v) is 15.0. The molecule has 0 bridgehead atoms. The Balaban J connectivity index is 1.55. The number of alkyl halides is 1. The number of imidazole rings is 1. The Bertz CT molecular complexity index is 899. The second-order valence-corrected chi connectivity index (χ2v) is 6.79. The Hall–Kier alpha value is -3.03. The van der Waals surface area contributed by atoms with Crippen molar-refractivity contribution in [3.8, 4) is 22.8 Å². The molecule has 2 heterocycles. The summed E-state index contributed by atoms with van der Waals surface area (Å²) < 4.78 is 16.0. The van der Waals surface area contributed by atoms with Crippen LogP contribution in [0.1, 0.15) is 25.7 Å². The van der Waals surface area contributed by atoms with E-state index in [1.54, 1.807) is 41.6 Å². The van der Waals surface area contributed by atoms with Crippen LogP contribution in [0.3, 0.4) is 0 Å². The molecule has 27 heavy (non-hydrogen) atoms. The van der Waals surface area contributed by atoms with Gasteiger partial charge in [-0.25, -0.2) is 14.4 Å². The minimum atomic E-state index is -0.856. The van der Waals surface area contributed by atoms with Crippen molar-refractivity contribution in [1.82, 2.24) is 24.7 Å². The van der Waals surface area contributed by atoms with Crippen LogP contribution in [0.5, 0.6) is 5.75 Å². The first kappa shape index (κ1) is 17.4. The molecule has 1 saturated carbocycles. The van der Waals surface area contributed by atoms with Gasteiger partial charge in [0.05, 0.1) is 29.8 Å². The second kappa shape index (κ2) is 7.30. The third kappa shape index (κ3) is 3.47. The fourth-order valence-electron chi connectivity index (χ4n) is 3.51. The number of benzene rings is 1. The van der Waals surface area contributed by atoms with Crippen LogP contribution in [0, 0.1) is 0 Å². The standard InChI is InChI=1S/C19H21FN6O/c1-25(16-5-3-2-4-15(16)20)18-11-22-19(24-23-18)14-7-6-13(10-17(14)27)26-9-8-21-12-26/h6-12,15-16,27H,2-5H2,1H3/t15-,16+/m0/s1. The molecular weight excluding hydrogens is 347 g/mol. The van der Waals surface area contributed by atoms with E-state index < -0.39 is 6.17 Å². The Morgan fingerprint density at radius 1 is 1.22 bits per heavy atom. The first-order chi connectivity index (χ1) is 13.1. The summed E-state index contributed by atoms with van der Waals surface area (Å²) in [6.45, 7) is 0. The Morgan fingerprint density at radius 2 is 2.07 bits per heavy atom. The van der Waals surface area contributed by atoms with E-state index in [-0.39, 0.29) is 11.8 Å². The van der Waals surface area contributed by atoms with Crippen LogP contribution in [-0.2, 0) is 0 Å². The highest BCUT2D eigenvalue weighted by Gasteiger charge is 2.29. The van der Waals surface area contributed by atoms with Crippen molar-refractivity contribution in [1.29, 1.82) is 0 Å². The van der Waals surface area contributed by atoms with E-state index in [9.17, 15) is 9.50 Å². The molecule has 1 fully saturated rings. The Labute approximate surface area is 156 Å². The van der Waals surface area contributed by atoms with E-state index in [2.05, 4.69) is 20.2 Å². The highest BCUT2D eigenvalue weighted by atomic mass is 19.1. The average Bonchev–Trinajstić information content (AvgIpc) is 3.23. The lowest BCUT2D eigenvalue weighted by molar-refractivity contribution is 0.213. The van der Waals surface area contributed by atoms with E-state index in [1.807, 2.05) is 18.0 Å². The van der Waals surface area contributed by atoms with Crippen LogP contribution in [0.4, 0.5) is 10.2 Å². The fourth-order valence-corrected chi connectivity index (χ4v) is 3.51. The number of rotatable bonds is 4. The highest BCUT2D eigenvalue weighted by Crippen LogP contribution is 2.30. The molecule has 2 aromatic heterocycles. The van der Waals surface area contributed by atoms with Crippen molar-refractivity contribution in [3.05, 3.63) is 43.1 Å². The second-order valence-electron chi connectivity index (χ2n) is 6.79. The van der Waals surface area contributed by atoms with Gasteiger partial charge in [-0.15, -0.1) is 10.2 Å². The molecule has 0 radical (unpaired) electrons. The van der Waals surface area contributed by atoms with Crippen molar-refractivity contribution in [3.63, 3.8) is 0 Å². The lowest BCUT2D eigenvalue weighted by Gasteiger charge is -2.34. The van der Waals surface area contributed by atoms with E-state index >= 15 is 0 Å². The molecule has 8 heteroatoms. The van der Waals surface area contributed by atoms with Crippen LogP contribution >= 0.6 is 0 Å². The van der Waals surface area contributed by atoms with Gasteiger partial charge in [-0.05, 0) is 25.0 Å². The van der Waals surface area contributed by atoms with Gasteiger partial charge < -0.3 is 14.6 Å². The van der Waals surface area contributed by atoms with Crippen molar-refractivity contribution < 1.29 is 9.50 Å². The largest absolute Gasteiger partial charge is 0.507 e. The molecule has 1 aromatic carbocycles. The van der Waals surface area contributed by atoms with Crippen LogP contribution < -0.4 is 4.90 Å². The van der Waals surface area contributed by atoms with Gasteiger partial charge in [0.25, 0.3) is 0 Å². The third-order valence-electron chi connectivity index (χ3n) is 5.08. The quantitative estimate of drug-likeness (QED) is 0.762. The van der Waals surface area contributed by atoms with Crippen molar-refractivity contribution in [2.75, 3.05) is 11.9 Å². The zero-order chi connectivity index (χ0) is 18.8. The molecule has 0 amide bonds. The molecule has 4 rings (SSSR count). The predicted octanol–water partition coefficient (Wildman–Crippen LogP) is 3.15. The monoisotopic (exact) mass is 368 g/mol. The van der Waals surface area contributed by atoms with Gasteiger partial charge in [0.2, 0.25) is 0 Å². The average molecular weight is 368 g/mol. The minimum Gasteiger partial charge on any atom is -0.507 e. The maximum atomic E-state index is 14.2. The lowest BCUT2D eigenvalue weighted by Crippen LogP contribution is -2.42. The molecule has 3 aromatic rings. The maximum absolute atomic E-state index is 14.2. The number of aromatic nitrogens is 5. The summed E-state index contributed by atoms with van der Waals surface area (Å²) in [5.41, 5.74) is 1.27. The number of nitrogens with zero attached hydrogens (tertiary/aromatic N) is 6. The molecule has 0 aliphatic heterocycles. The number of halogens is 1. The van der Waals surface area contributed by atoms with Crippen molar-refractivity contribution in [2.24, 2.45) is 0 Å². The summed E-state index contributed by atoms with van der Waals surface area (Å²) in [6.07, 6.45) is 9.18. The van der Waals surface area contributed by atoms with Gasteiger partial charge in [-0.2, -0.15) is 0 Å². The Kier molecular flexibility index (Phi) is 4.70. The molecule has 1 N–H and O–H groups in total. The van der Waals surface area contributed by atoms with Gasteiger partial charge in [-0.3, -0.25) is 0 Å². The number of aromatic hydroxyl groups is 1. The van der Waals surface area contributed by atoms with Crippen molar-refractivity contribution in [2.45, 2.75) is 37.9 Å².